The van der Waals surface area contributed by atoms with E-state index in [1.165, 1.54) is 24.1 Å². The third-order valence-corrected chi connectivity index (χ3v) is 4.41. The van der Waals surface area contributed by atoms with Crippen molar-refractivity contribution >= 4 is 11.8 Å². The van der Waals surface area contributed by atoms with Crippen molar-refractivity contribution in [1.29, 1.82) is 0 Å². The molecule has 2 unspecified atom stereocenters. The van der Waals surface area contributed by atoms with Crippen LogP contribution in [0.15, 0.2) is 24.3 Å². The quantitative estimate of drug-likeness (QED) is 0.850. The Morgan fingerprint density at radius 1 is 1.44 bits per heavy atom. The molecule has 16 heavy (non-hydrogen) atoms. The van der Waals surface area contributed by atoms with E-state index < -0.39 is 0 Å². The Kier molecular flexibility index (Phi) is 3.55. The average Bonchev–Trinajstić information content (AvgIpc) is 2.21. The summed E-state index contributed by atoms with van der Waals surface area (Å²) in [5.74, 6) is -0.161. The van der Waals surface area contributed by atoms with Gasteiger partial charge in [-0.05, 0) is 44.0 Å². The zero-order valence-corrected chi connectivity index (χ0v) is 10.6. The molecular weight excluding hydrogens is 221 g/mol. The van der Waals surface area contributed by atoms with Crippen molar-refractivity contribution in [3.05, 3.63) is 35.6 Å². The topological polar surface area (TPSA) is 12.0 Å². The van der Waals surface area contributed by atoms with Gasteiger partial charge in [0.25, 0.3) is 0 Å². The molecule has 1 N–H and O–H groups in total. The summed E-state index contributed by atoms with van der Waals surface area (Å²) in [4.78, 5) is 0.0928. The van der Waals surface area contributed by atoms with Gasteiger partial charge in [-0.15, -0.1) is 11.8 Å². The predicted octanol–water partition coefficient (Wildman–Crippen LogP) is 3.20. The van der Waals surface area contributed by atoms with Crippen LogP contribution in [0.5, 0.6) is 0 Å². The predicted molar refractivity (Wildman–Crippen MR) is 68.2 cm³/mol. The molecule has 2 rings (SSSR count). The summed E-state index contributed by atoms with van der Waals surface area (Å²) >= 11 is 1.98. The maximum Gasteiger partial charge on any atom is 0.123 e. The lowest BCUT2D eigenvalue weighted by atomic mass is 10.1. The normalized spacial score (nSPS) is 30.3. The molecule has 1 fully saturated rings. The summed E-state index contributed by atoms with van der Waals surface area (Å²) < 4.78 is 12.8. The van der Waals surface area contributed by atoms with E-state index in [-0.39, 0.29) is 10.7 Å². The van der Waals surface area contributed by atoms with Gasteiger partial charge in [0.15, 0.2) is 0 Å². The maximum atomic E-state index is 12.8. The van der Waals surface area contributed by atoms with E-state index >= 15 is 0 Å². The first-order valence-corrected chi connectivity index (χ1v) is 6.63. The van der Waals surface area contributed by atoms with Crippen LogP contribution in [0.3, 0.4) is 0 Å². The summed E-state index contributed by atoms with van der Waals surface area (Å²) in [6.07, 6.45) is 2.17. The highest BCUT2D eigenvalue weighted by atomic mass is 32.2. The summed E-state index contributed by atoms with van der Waals surface area (Å²) in [6, 6.07) is 6.83. The third-order valence-electron chi connectivity index (χ3n) is 2.97. The molecule has 1 aromatic carbocycles. The Morgan fingerprint density at radius 2 is 2.12 bits per heavy atom. The Balaban J connectivity index is 2.05. The van der Waals surface area contributed by atoms with Crippen molar-refractivity contribution < 1.29 is 4.39 Å². The van der Waals surface area contributed by atoms with Crippen LogP contribution in [-0.4, -0.2) is 16.7 Å². The fraction of sp³-hybridized carbons (Fsp3) is 0.538. The molecule has 0 radical (unpaired) electrons. The average molecular weight is 239 g/mol. The van der Waals surface area contributed by atoms with Gasteiger partial charge >= 0.3 is 0 Å². The fourth-order valence-electron chi connectivity index (χ4n) is 2.18. The van der Waals surface area contributed by atoms with Crippen LogP contribution in [0.1, 0.15) is 25.8 Å². The molecule has 0 saturated carbocycles. The van der Waals surface area contributed by atoms with Crippen LogP contribution in [0.4, 0.5) is 4.39 Å². The van der Waals surface area contributed by atoms with Crippen LogP contribution in [-0.2, 0) is 6.42 Å². The third kappa shape index (κ3) is 2.98. The molecule has 1 heterocycles. The van der Waals surface area contributed by atoms with Crippen LogP contribution >= 0.6 is 11.8 Å². The minimum absolute atomic E-state index is 0.0928. The van der Waals surface area contributed by atoms with Crippen LogP contribution in [0, 0.1) is 5.82 Å². The molecule has 0 spiro atoms. The highest BCUT2D eigenvalue weighted by Gasteiger charge is 2.30. The minimum Gasteiger partial charge on any atom is -0.303 e. The monoisotopic (exact) mass is 239 g/mol. The molecule has 1 nitrogen and oxygen atoms in total. The Labute approximate surface area is 101 Å². The number of rotatable bonds is 2. The van der Waals surface area contributed by atoms with E-state index in [1.54, 1.807) is 0 Å². The molecule has 1 aliphatic rings. The van der Waals surface area contributed by atoms with Crippen molar-refractivity contribution in [1.82, 2.24) is 5.32 Å². The molecule has 1 aliphatic heterocycles. The molecular formula is C13H18FNS. The summed E-state index contributed by atoms with van der Waals surface area (Å²) in [5.41, 5.74) is 1.19. The smallest absolute Gasteiger partial charge is 0.123 e. The first kappa shape index (κ1) is 11.9. The van der Waals surface area contributed by atoms with Crippen molar-refractivity contribution in [2.75, 3.05) is 6.54 Å². The first-order chi connectivity index (χ1) is 7.57. The summed E-state index contributed by atoms with van der Waals surface area (Å²) in [7, 11) is 0. The van der Waals surface area contributed by atoms with Crippen molar-refractivity contribution in [2.45, 2.75) is 36.8 Å². The van der Waals surface area contributed by atoms with Gasteiger partial charge in [0.2, 0.25) is 0 Å². The summed E-state index contributed by atoms with van der Waals surface area (Å²) in [6.45, 7) is 5.58. The molecule has 0 amide bonds. The second kappa shape index (κ2) is 4.76. The van der Waals surface area contributed by atoms with E-state index in [9.17, 15) is 4.39 Å². The van der Waals surface area contributed by atoms with E-state index in [4.69, 9.17) is 0 Å². The lowest BCUT2D eigenvalue weighted by Gasteiger charge is -2.37. The van der Waals surface area contributed by atoms with Gasteiger partial charge in [-0.25, -0.2) is 4.39 Å². The van der Waals surface area contributed by atoms with Gasteiger partial charge in [0.05, 0.1) is 4.87 Å². The highest BCUT2D eigenvalue weighted by molar-refractivity contribution is 8.01. The zero-order chi connectivity index (χ0) is 11.6. The lowest BCUT2D eigenvalue weighted by Crippen LogP contribution is -2.47. The second-order valence-electron chi connectivity index (χ2n) is 4.68. The van der Waals surface area contributed by atoms with Gasteiger partial charge in [0.1, 0.15) is 5.82 Å². The minimum atomic E-state index is -0.161. The Hall–Kier alpha value is -0.540. The van der Waals surface area contributed by atoms with E-state index in [0.29, 0.717) is 5.25 Å². The van der Waals surface area contributed by atoms with Crippen molar-refractivity contribution in [3.8, 4) is 0 Å². The molecule has 0 aromatic heterocycles. The van der Waals surface area contributed by atoms with Gasteiger partial charge < -0.3 is 5.32 Å². The maximum absolute atomic E-state index is 12.8. The highest BCUT2D eigenvalue weighted by Crippen LogP contribution is 2.34. The van der Waals surface area contributed by atoms with Crippen LogP contribution in [0.2, 0.25) is 0 Å². The summed E-state index contributed by atoms with van der Waals surface area (Å²) in [5, 5.41) is 4.26. The Morgan fingerprint density at radius 3 is 2.75 bits per heavy atom. The van der Waals surface area contributed by atoms with Gasteiger partial charge in [0, 0.05) is 5.25 Å². The van der Waals surface area contributed by atoms with Gasteiger partial charge in [-0.2, -0.15) is 0 Å². The van der Waals surface area contributed by atoms with Gasteiger partial charge in [-0.1, -0.05) is 19.1 Å². The molecule has 88 valence electrons. The molecule has 1 aromatic rings. The number of thioether (sulfide) groups is 1. The lowest BCUT2D eigenvalue weighted by molar-refractivity contribution is 0.466. The number of hydrogen-bond acceptors (Lipinski definition) is 2. The number of hydrogen-bond donors (Lipinski definition) is 1. The molecule has 0 aliphatic carbocycles. The van der Waals surface area contributed by atoms with Crippen LogP contribution in [0.25, 0.3) is 0 Å². The largest absolute Gasteiger partial charge is 0.303 e. The number of nitrogens with one attached hydrogen (secondary N) is 1. The number of halogens is 1. The zero-order valence-electron chi connectivity index (χ0n) is 9.79. The van der Waals surface area contributed by atoms with E-state index in [0.717, 1.165) is 13.0 Å². The van der Waals surface area contributed by atoms with E-state index in [2.05, 4.69) is 19.2 Å². The van der Waals surface area contributed by atoms with Crippen molar-refractivity contribution in [3.63, 3.8) is 0 Å². The van der Waals surface area contributed by atoms with E-state index in [1.807, 2.05) is 23.9 Å². The molecule has 0 bridgehead atoms. The standard InChI is InChI=1S/C13H18FNS/c1-10-7-8-15-13(2,16-10)9-11-3-5-12(14)6-4-11/h3-6,10,15H,7-9H2,1-2H3. The SMILES string of the molecule is CC1CCNC(C)(Cc2ccc(F)cc2)S1. The molecule has 1 saturated heterocycles. The Bertz CT molecular complexity index is 351. The van der Waals surface area contributed by atoms with Gasteiger partial charge in [-0.3, -0.25) is 0 Å². The van der Waals surface area contributed by atoms with Crippen LogP contribution < -0.4 is 5.32 Å². The number of benzene rings is 1. The second-order valence-corrected chi connectivity index (χ2v) is 6.62. The fourth-order valence-corrected chi connectivity index (χ4v) is 3.74. The van der Waals surface area contributed by atoms with Crippen molar-refractivity contribution in [2.24, 2.45) is 0 Å². The molecule has 3 heteroatoms. The first-order valence-electron chi connectivity index (χ1n) is 5.75. The molecule has 2 atom stereocenters.